The van der Waals surface area contributed by atoms with Gasteiger partial charge >= 0.3 is 0 Å². The van der Waals surface area contributed by atoms with Gasteiger partial charge < -0.3 is 14.9 Å². The lowest BCUT2D eigenvalue weighted by atomic mass is 9.84. The van der Waals surface area contributed by atoms with E-state index in [1.165, 1.54) is 13.0 Å². The number of nitrogens with zero attached hydrogens (tertiary/aromatic N) is 2. The van der Waals surface area contributed by atoms with Crippen LogP contribution in [-0.2, 0) is 19.6 Å². The molecule has 1 aliphatic carbocycles. The van der Waals surface area contributed by atoms with Gasteiger partial charge in [-0.3, -0.25) is 9.59 Å². The van der Waals surface area contributed by atoms with Crippen molar-refractivity contribution in [3.05, 3.63) is 42.5 Å². The Kier molecular flexibility index (Phi) is 6.56. The average Bonchev–Trinajstić information content (AvgIpc) is 2.75. The lowest BCUT2D eigenvalue weighted by molar-refractivity contribution is -0.125. The molecular weight excluding hydrogens is 442 g/mol. The number of nitrogens with one attached hydrogen (secondary N) is 1. The van der Waals surface area contributed by atoms with Crippen LogP contribution in [0, 0.1) is 5.92 Å². The second-order valence-corrected chi connectivity index (χ2v) is 10.4. The van der Waals surface area contributed by atoms with E-state index >= 15 is 0 Å². The van der Waals surface area contributed by atoms with Crippen LogP contribution in [0.3, 0.4) is 0 Å². The maximum absolute atomic E-state index is 13.2. The van der Waals surface area contributed by atoms with Crippen molar-refractivity contribution in [2.24, 2.45) is 5.92 Å². The van der Waals surface area contributed by atoms with Gasteiger partial charge in [-0.15, -0.1) is 0 Å². The van der Waals surface area contributed by atoms with Gasteiger partial charge in [-0.2, -0.15) is 0 Å². The summed E-state index contributed by atoms with van der Waals surface area (Å²) in [4.78, 5) is 29.2. The van der Waals surface area contributed by atoms with E-state index in [1.54, 1.807) is 28.0 Å². The minimum absolute atomic E-state index is 0.0173. The Labute approximate surface area is 194 Å². The molecule has 8 nitrogen and oxygen atoms in total. The van der Waals surface area contributed by atoms with Crippen LogP contribution < -0.4 is 14.5 Å². The molecular formula is C24H29N3O5S. The molecule has 33 heavy (non-hydrogen) atoms. The third-order valence-corrected chi connectivity index (χ3v) is 7.81. The first kappa shape index (κ1) is 23.4. The first-order valence-electron chi connectivity index (χ1n) is 11.2. The smallest absolute Gasteiger partial charge is 0.240 e. The molecule has 2 aromatic rings. The summed E-state index contributed by atoms with van der Waals surface area (Å²) in [6.07, 6.45) is 2.82. The highest BCUT2D eigenvalue weighted by Gasteiger charge is 2.37. The molecule has 176 valence electrons. The number of carbonyl (C=O) groups is 2. The van der Waals surface area contributed by atoms with Crippen molar-refractivity contribution >= 4 is 33.2 Å². The zero-order chi connectivity index (χ0) is 23.8. The molecule has 0 aromatic heterocycles. The van der Waals surface area contributed by atoms with Crippen LogP contribution in [0.25, 0.3) is 11.1 Å². The summed E-state index contributed by atoms with van der Waals surface area (Å²) in [7, 11) is -3.76. The number of fused-ring (bicyclic) bond motifs is 1. The Morgan fingerprint density at radius 2 is 1.82 bits per heavy atom. The summed E-state index contributed by atoms with van der Waals surface area (Å²) in [5.74, 6) is 0.0122. The Bertz CT molecular complexity index is 1180. The molecule has 0 unspecified atom stereocenters. The number of hydrogen-bond donors (Lipinski definition) is 2. The monoisotopic (exact) mass is 471 g/mol. The van der Waals surface area contributed by atoms with E-state index in [9.17, 15) is 18.0 Å². The molecule has 1 atom stereocenters. The van der Waals surface area contributed by atoms with Gasteiger partial charge in [-0.05, 0) is 55.2 Å². The maximum Gasteiger partial charge on any atom is 0.240 e. The molecule has 0 spiro atoms. The lowest BCUT2D eigenvalue weighted by Gasteiger charge is -2.43. The van der Waals surface area contributed by atoms with Gasteiger partial charge in [0.2, 0.25) is 21.8 Å². The number of hydrogen-bond acceptors (Lipinski definition) is 5. The number of amides is 2. The average molecular weight is 472 g/mol. The number of sulfonamides is 1. The van der Waals surface area contributed by atoms with Crippen molar-refractivity contribution < 1.29 is 23.1 Å². The number of carbonyl (C=O) groups excluding carboxylic acids is 2. The summed E-state index contributed by atoms with van der Waals surface area (Å²) in [5.41, 5.74) is 2.78. The van der Waals surface area contributed by atoms with Crippen molar-refractivity contribution in [2.75, 3.05) is 29.5 Å². The van der Waals surface area contributed by atoms with Gasteiger partial charge in [0.25, 0.3) is 0 Å². The second-order valence-electron chi connectivity index (χ2n) is 8.67. The van der Waals surface area contributed by atoms with E-state index in [0.29, 0.717) is 23.5 Å². The van der Waals surface area contributed by atoms with E-state index in [4.69, 9.17) is 5.11 Å². The molecule has 2 amide bonds. The Hall–Kier alpha value is -2.75. The fraction of sp³-hybridized carbons (Fsp3) is 0.417. The number of aliphatic hydroxyl groups excluding tert-OH is 1. The van der Waals surface area contributed by atoms with E-state index in [-0.39, 0.29) is 41.8 Å². The van der Waals surface area contributed by atoms with Crippen LogP contribution >= 0.6 is 0 Å². The van der Waals surface area contributed by atoms with Gasteiger partial charge in [0.15, 0.2) is 0 Å². The van der Waals surface area contributed by atoms with Crippen LogP contribution in [0.15, 0.2) is 47.4 Å². The second kappa shape index (κ2) is 9.24. The number of anilines is 2. The third kappa shape index (κ3) is 4.53. The van der Waals surface area contributed by atoms with Gasteiger partial charge in [-0.1, -0.05) is 24.6 Å². The molecule has 0 bridgehead atoms. The van der Waals surface area contributed by atoms with Crippen LogP contribution in [0.1, 0.15) is 33.1 Å². The van der Waals surface area contributed by atoms with Crippen molar-refractivity contribution in [3.8, 4) is 11.1 Å². The van der Waals surface area contributed by atoms with Gasteiger partial charge in [-0.25, -0.2) is 13.1 Å². The van der Waals surface area contributed by atoms with Gasteiger partial charge in [0.1, 0.15) is 0 Å². The molecule has 2 N–H and O–H groups in total. The molecule has 4 rings (SSSR count). The Morgan fingerprint density at radius 3 is 2.45 bits per heavy atom. The fourth-order valence-corrected chi connectivity index (χ4v) is 5.54. The summed E-state index contributed by atoms with van der Waals surface area (Å²) in [5, 5.41) is 8.94. The summed E-state index contributed by atoms with van der Waals surface area (Å²) in [6, 6.07) is 11.9. The van der Waals surface area contributed by atoms with Crippen molar-refractivity contribution in [1.82, 2.24) is 4.72 Å². The predicted molar refractivity (Wildman–Crippen MR) is 126 cm³/mol. The third-order valence-electron chi connectivity index (χ3n) is 6.35. The van der Waals surface area contributed by atoms with E-state index in [2.05, 4.69) is 4.72 Å². The molecule has 1 fully saturated rings. The van der Waals surface area contributed by atoms with Gasteiger partial charge in [0, 0.05) is 25.9 Å². The standard InChI is InChI=1S/C24H29N3O5S/c1-16-15-26(24(30)18-5-3-6-18)23-14-20(9-10-22(23)27(16)17(2)29)19-7-4-8-21(13-19)33(31,32)25-11-12-28/h4,7-10,13-14,16,18,25,28H,3,5-6,11-12,15H2,1-2H3/t16-/m0/s1. The zero-order valence-electron chi connectivity index (χ0n) is 18.8. The van der Waals surface area contributed by atoms with Crippen molar-refractivity contribution in [3.63, 3.8) is 0 Å². The minimum atomic E-state index is -3.76. The topological polar surface area (TPSA) is 107 Å². The summed E-state index contributed by atoms with van der Waals surface area (Å²) >= 11 is 0. The largest absolute Gasteiger partial charge is 0.395 e. The first-order valence-corrected chi connectivity index (χ1v) is 12.7. The molecule has 1 aliphatic heterocycles. The molecule has 2 aliphatic rings. The molecule has 2 aromatic carbocycles. The molecule has 9 heteroatoms. The predicted octanol–water partition coefficient (Wildman–Crippen LogP) is 2.51. The lowest BCUT2D eigenvalue weighted by Crippen LogP contribution is -2.53. The summed E-state index contributed by atoms with van der Waals surface area (Å²) < 4.78 is 27.3. The van der Waals surface area contributed by atoms with Gasteiger partial charge in [0.05, 0.1) is 28.9 Å². The number of rotatable bonds is 6. The van der Waals surface area contributed by atoms with E-state index < -0.39 is 10.0 Å². The van der Waals surface area contributed by atoms with Crippen LogP contribution in [0.5, 0.6) is 0 Å². The van der Waals surface area contributed by atoms with Crippen LogP contribution in [0.4, 0.5) is 11.4 Å². The SMILES string of the molecule is CC(=O)N1c2ccc(-c3cccc(S(=O)(=O)NCCO)c3)cc2N(C(=O)C2CCC2)C[C@@H]1C. The van der Waals surface area contributed by atoms with Crippen LogP contribution in [-0.4, -0.2) is 51.1 Å². The Balaban J connectivity index is 1.76. The minimum Gasteiger partial charge on any atom is -0.395 e. The highest BCUT2D eigenvalue weighted by atomic mass is 32.2. The first-order chi connectivity index (χ1) is 15.7. The molecule has 0 radical (unpaired) electrons. The molecule has 1 saturated carbocycles. The molecule has 0 saturated heterocycles. The number of aliphatic hydroxyl groups is 1. The highest BCUT2D eigenvalue weighted by molar-refractivity contribution is 7.89. The highest BCUT2D eigenvalue weighted by Crippen LogP contribution is 2.41. The quantitative estimate of drug-likeness (QED) is 0.673. The molecule has 1 heterocycles. The van der Waals surface area contributed by atoms with E-state index in [1.807, 2.05) is 25.1 Å². The summed E-state index contributed by atoms with van der Waals surface area (Å²) in [6.45, 7) is 3.52. The maximum atomic E-state index is 13.2. The fourth-order valence-electron chi connectivity index (χ4n) is 4.47. The number of benzene rings is 2. The van der Waals surface area contributed by atoms with Crippen molar-refractivity contribution in [2.45, 2.75) is 44.0 Å². The normalized spacial score (nSPS) is 18.6. The zero-order valence-corrected chi connectivity index (χ0v) is 19.6. The Morgan fingerprint density at radius 1 is 1.09 bits per heavy atom. The van der Waals surface area contributed by atoms with E-state index in [0.717, 1.165) is 24.8 Å². The van der Waals surface area contributed by atoms with Crippen LogP contribution in [0.2, 0.25) is 0 Å². The van der Waals surface area contributed by atoms with Crippen molar-refractivity contribution in [1.29, 1.82) is 0 Å².